The van der Waals surface area contributed by atoms with Gasteiger partial charge in [-0.05, 0) is 74.2 Å². The molecule has 7 heteroatoms. The molecular weight excluding hydrogens is 478 g/mol. The molecule has 204 valence electrons. The van der Waals surface area contributed by atoms with Gasteiger partial charge in [0.2, 0.25) is 5.91 Å². The van der Waals surface area contributed by atoms with E-state index in [4.69, 9.17) is 9.47 Å². The molecule has 38 heavy (non-hydrogen) atoms. The number of rotatable bonds is 14. The molecule has 0 radical (unpaired) electrons. The lowest BCUT2D eigenvalue weighted by molar-refractivity contribution is -0.134. The van der Waals surface area contributed by atoms with Crippen LogP contribution in [0.1, 0.15) is 53.9 Å². The van der Waals surface area contributed by atoms with Crippen LogP contribution in [0.5, 0.6) is 5.75 Å². The van der Waals surface area contributed by atoms with Crippen molar-refractivity contribution in [3.05, 3.63) is 89.2 Å². The fourth-order valence-corrected chi connectivity index (χ4v) is 4.43. The van der Waals surface area contributed by atoms with Crippen molar-refractivity contribution in [3.63, 3.8) is 0 Å². The normalized spacial score (nSPS) is 11.7. The summed E-state index contributed by atoms with van der Waals surface area (Å²) in [4.78, 5) is 30.7. The SMILES string of the molecule is CCC(C)N(Cc1cccn1Cc1ccccc1C)C(=O)CN(CCCOC)C(=O)c1ccc(OC)cc1. The van der Waals surface area contributed by atoms with Crippen LogP contribution in [0.25, 0.3) is 0 Å². The van der Waals surface area contributed by atoms with Crippen molar-refractivity contribution < 1.29 is 19.1 Å². The van der Waals surface area contributed by atoms with Gasteiger partial charge in [-0.3, -0.25) is 9.59 Å². The topological polar surface area (TPSA) is 64.0 Å². The van der Waals surface area contributed by atoms with Crippen LogP contribution in [-0.2, 0) is 22.6 Å². The lowest BCUT2D eigenvalue weighted by atomic mass is 10.1. The first kappa shape index (κ1) is 29.0. The first-order valence-corrected chi connectivity index (χ1v) is 13.3. The summed E-state index contributed by atoms with van der Waals surface area (Å²) in [6, 6.07) is 19.5. The van der Waals surface area contributed by atoms with E-state index in [1.54, 1.807) is 43.4 Å². The average Bonchev–Trinajstić information content (AvgIpc) is 3.38. The molecule has 2 amide bonds. The van der Waals surface area contributed by atoms with Crippen molar-refractivity contribution in [2.75, 3.05) is 33.9 Å². The second-order valence-electron chi connectivity index (χ2n) is 9.63. The molecule has 7 nitrogen and oxygen atoms in total. The minimum atomic E-state index is -0.177. The molecule has 3 aromatic rings. The standard InChI is InChI=1S/C31H41N3O4/c1-6-25(3)34(22-28-13-9-18-32(28)21-27-12-8-7-11-24(27)2)30(35)23-33(19-10-20-37-4)31(36)26-14-16-29(38-5)17-15-26/h7-9,11-18,25H,6,10,19-23H2,1-5H3. The molecule has 0 spiro atoms. The Bertz CT molecular complexity index is 1170. The number of carbonyl (C=O) groups is 2. The third-order valence-electron chi connectivity index (χ3n) is 7.03. The van der Waals surface area contributed by atoms with Crippen LogP contribution < -0.4 is 4.74 Å². The van der Waals surface area contributed by atoms with Gasteiger partial charge in [-0.1, -0.05) is 31.2 Å². The highest BCUT2D eigenvalue weighted by atomic mass is 16.5. The largest absolute Gasteiger partial charge is 0.497 e. The number of aromatic nitrogens is 1. The second kappa shape index (κ2) is 14.4. The third kappa shape index (κ3) is 7.71. The van der Waals surface area contributed by atoms with Crippen molar-refractivity contribution >= 4 is 11.8 Å². The molecule has 1 aromatic heterocycles. The van der Waals surface area contributed by atoms with Gasteiger partial charge in [-0.15, -0.1) is 0 Å². The van der Waals surface area contributed by atoms with E-state index in [2.05, 4.69) is 55.8 Å². The Labute approximate surface area is 227 Å². The predicted molar refractivity (Wildman–Crippen MR) is 150 cm³/mol. The number of ether oxygens (including phenoxy) is 2. The third-order valence-corrected chi connectivity index (χ3v) is 7.03. The maximum absolute atomic E-state index is 13.7. The van der Waals surface area contributed by atoms with Gasteiger partial charge in [-0.25, -0.2) is 0 Å². The molecule has 0 aliphatic rings. The number of hydrogen-bond acceptors (Lipinski definition) is 4. The highest BCUT2D eigenvalue weighted by molar-refractivity contribution is 5.96. The quantitative estimate of drug-likeness (QED) is 0.276. The van der Waals surface area contributed by atoms with Gasteiger partial charge in [0.25, 0.3) is 5.91 Å². The van der Waals surface area contributed by atoms with Gasteiger partial charge in [0, 0.05) is 50.3 Å². The van der Waals surface area contributed by atoms with E-state index in [1.165, 1.54) is 11.1 Å². The van der Waals surface area contributed by atoms with Crippen molar-refractivity contribution in [1.29, 1.82) is 0 Å². The maximum atomic E-state index is 13.7. The molecule has 3 rings (SSSR count). The van der Waals surface area contributed by atoms with Gasteiger partial charge in [0.15, 0.2) is 0 Å². The lowest BCUT2D eigenvalue weighted by Gasteiger charge is -2.32. The summed E-state index contributed by atoms with van der Waals surface area (Å²) in [5.41, 5.74) is 4.08. The first-order chi connectivity index (χ1) is 18.4. The van der Waals surface area contributed by atoms with Crippen LogP contribution in [0.15, 0.2) is 66.9 Å². The zero-order valence-corrected chi connectivity index (χ0v) is 23.4. The molecule has 1 heterocycles. The lowest BCUT2D eigenvalue weighted by Crippen LogP contribution is -2.46. The van der Waals surface area contributed by atoms with Crippen molar-refractivity contribution in [2.24, 2.45) is 0 Å². The highest BCUT2D eigenvalue weighted by Gasteiger charge is 2.25. The zero-order valence-electron chi connectivity index (χ0n) is 23.4. The molecule has 1 unspecified atom stereocenters. The maximum Gasteiger partial charge on any atom is 0.254 e. The number of methoxy groups -OCH3 is 2. The summed E-state index contributed by atoms with van der Waals surface area (Å²) in [6.07, 6.45) is 3.53. The van der Waals surface area contributed by atoms with Gasteiger partial charge >= 0.3 is 0 Å². The molecule has 0 N–H and O–H groups in total. The summed E-state index contributed by atoms with van der Waals surface area (Å²) in [7, 11) is 3.23. The summed E-state index contributed by atoms with van der Waals surface area (Å²) >= 11 is 0. The number of nitrogens with zero attached hydrogens (tertiary/aromatic N) is 3. The van der Waals surface area contributed by atoms with Crippen molar-refractivity contribution in [2.45, 2.75) is 52.7 Å². The van der Waals surface area contributed by atoms with Crippen LogP contribution in [0.2, 0.25) is 0 Å². The van der Waals surface area contributed by atoms with E-state index in [0.29, 0.717) is 37.4 Å². The minimum Gasteiger partial charge on any atom is -0.497 e. The Kier molecular flexibility index (Phi) is 11.0. The Morgan fingerprint density at radius 1 is 1.00 bits per heavy atom. The van der Waals surface area contributed by atoms with E-state index >= 15 is 0 Å². The van der Waals surface area contributed by atoms with E-state index < -0.39 is 0 Å². The van der Waals surface area contributed by atoms with Crippen LogP contribution >= 0.6 is 0 Å². The highest BCUT2D eigenvalue weighted by Crippen LogP contribution is 2.18. The van der Waals surface area contributed by atoms with Crippen LogP contribution in [0, 0.1) is 6.92 Å². The zero-order chi connectivity index (χ0) is 27.5. The summed E-state index contributed by atoms with van der Waals surface area (Å²) in [5.74, 6) is 0.437. The average molecular weight is 520 g/mol. The number of aryl methyl sites for hydroxylation is 1. The number of benzene rings is 2. The van der Waals surface area contributed by atoms with Gasteiger partial charge in [0.1, 0.15) is 12.3 Å². The molecule has 2 aromatic carbocycles. The fourth-order valence-electron chi connectivity index (χ4n) is 4.43. The molecule has 0 aliphatic carbocycles. The number of carbonyl (C=O) groups excluding carboxylic acids is 2. The molecule has 0 bridgehead atoms. The first-order valence-electron chi connectivity index (χ1n) is 13.3. The molecule has 0 saturated carbocycles. The second-order valence-corrected chi connectivity index (χ2v) is 9.63. The fraction of sp³-hybridized carbons (Fsp3) is 0.419. The van der Waals surface area contributed by atoms with E-state index in [1.807, 2.05) is 17.0 Å². The molecule has 0 aliphatic heterocycles. The predicted octanol–water partition coefficient (Wildman–Crippen LogP) is 5.16. The van der Waals surface area contributed by atoms with Crippen LogP contribution in [-0.4, -0.2) is 66.1 Å². The summed E-state index contributed by atoms with van der Waals surface area (Å²) in [6.45, 7) is 8.45. The minimum absolute atomic E-state index is 0.0113. The van der Waals surface area contributed by atoms with Crippen molar-refractivity contribution in [1.82, 2.24) is 14.4 Å². The summed E-state index contributed by atoms with van der Waals surface area (Å²) < 4.78 is 12.6. The Hall–Kier alpha value is -3.58. The van der Waals surface area contributed by atoms with E-state index in [0.717, 1.165) is 18.7 Å². The van der Waals surface area contributed by atoms with E-state index in [-0.39, 0.29) is 24.4 Å². The Morgan fingerprint density at radius 2 is 1.74 bits per heavy atom. The van der Waals surface area contributed by atoms with E-state index in [9.17, 15) is 9.59 Å². The van der Waals surface area contributed by atoms with Crippen LogP contribution in [0.4, 0.5) is 0 Å². The monoisotopic (exact) mass is 519 g/mol. The van der Waals surface area contributed by atoms with Crippen LogP contribution in [0.3, 0.4) is 0 Å². The van der Waals surface area contributed by atoms with Gasteiger partial charge < -0.3 is 23.8 Å². The van der Waals surface area contributed by atoms with Gasteiger partial charge in [-0.2, -0.15) is 0 Å². The molecule has 0 saturated heterocycles. The van der Waals surface area contributed by atoms with Gasteiger partial charge in [0.05, 0.1) is 13.7 Å². The smallest absolute Gasteiger partial charge is 0.254 e. The Balaban J connectivity index is 1.79. The molecule has 1 atom stereocenters. The Morgan fingerprint density at radius 3 is 2.39 bits per heavy atom. The molecular formula is C31H41N3O4. The number of hydrogen-bond donors (Lipinski definition) is 0. The number of amides is 2. The summed E-state index contributed by atoms with van der Waals surface area (Å²) in [5, 5.41) is 0. The van der Waals surface area contributed by atoms with Crippen molar-refractivity contribution in [3.8, 4) is 5.75 Å². The molecule has 0 fully saturated rings.